The van der Waals surface area contributed by atoms with Gasteiger partial charge in [-0.2, -0.15) is 0 Å². The maximum absolute atomic E-state index is 10.9. The van der Waals surface area contributed by atoms with E-state index in [0.29, 0.717) is 12.2 Å². The number of quaternary nitrogens is 1. The number of carbonyl (C=O) groups is 1. The van der Waals surface area contributed by atoms with Crippen LogP contribution in [-0.2, 0) is 29.2 Å². The summed E-state index contributed by atoms with van der Waals surface area (Å²) < 4.78 is 36.9. The van der Waals surface area contributed by atoms with Gasteiger partial charge in [-0.3, -0.25) is 0 Å². The molecule has 0 aromatic rings. The maximum atomic E-state index is 10.9. The van der Waals surface area contributed by atoms with Crippen LogP contribution in [0.2, 0.25) is 0 Å². The maximum Gasteiger partial charge on any atom is 0.333 e. The molecule has 0 heterocycles. The number of hydrogen-bond donors (Lipinski definition) is 0. The molecule has 0 aliphatic carbocycles. The summed E-state index contributed by atoms with van der Waals surface area (Å²) in [6.45, 7) is 6.41. The van der Waals surface area contributed by atoms with Crippen LogP contribution >= 0.6 is 0 Å². The normalized spacial score (nSPS) is 11.3. The number of likely N-dealkylation sites (N-methyl/N-ethyl adjacent to an activating group) is 1. The number of ether oxygens (including phenoxy) is 1. The lowest BCUT2D eigenvalue weighted by atomic mass is 10.4. The predicted molar refractivity (Wildman–Crippen MR) is 66.5 cm³/mol. The van der Waals surface area contributed by atoms with Crippen LogP contribution in [0.1, 0.15) is 6.92 Å². The summed E-state index contributed by atoms with van der Waals surface area (Å²) in [6, 6.07) is 0. The first-order valence-corrected chi connectivity index (χ1v) is 6.53. The van der Waals surface area contributed by atoms with Crippen molar-refractivity contribution < 1.29 is 36.2 Å². The second kappa shape index (κ2) is 8.99. The fourth-order valence-electron chi connectivity index (χ4n) is 0.619. The number of nitrogens with zero attached hydrogens (tertiary/aromatic N) is 1. The van der Waals surface area contributed by atoms with E-state index in [1.165, 1.54) is 0 Å². The monoisotopic (exact) mass is 299 g/mol. The van der Waals surface area contributed by atoms with Gasteiger partial charge in [-0.15, -0.1) is 4.33 Å². The first-order chi connectivity index (χ1) is 8.39. The Hall–Kier alpha value is -1.00. The Kier molecular flexibility index (Phi) is 9.62. The molecular formula is C10H21NO7S. The molecule has 0 rings (SSSR count). The van der Waals surface area contributed by atoms with Crippen LogP contribution in [0.3, 0.4) is 0 Å². The van der Waals surface area contributed by atoms with Crippen LogP contribution in [0.5, 0.6) is 0 Å². The number of hydrogen-bond acceptors (Lipinski definition) is 7. The highest BCUT2D eigenvalue weighted by Gasteiger charge is 2.09. The number of rotatable bonds is 6. The van der Waals surface area contributed by atoms with Crippen molar-refractivity contribution in [2.45, 2.75) is 6.92 Å². The van der Waals surface area contributed by atoms with Gasteiger partial charge in [0.25, 0.3) is 0 Å². The Balaban J connectivity index is 0. The highest BCUT2D eigenvalue weighted by molar-refractivity contribution is 7.80. The fraction of sp³-hybridized carbons (Fsp3) is 0.700. The van der Waals surface area contributed by atoms with E-state index in [0.717, 1.165) is 18.1 Å². The lowest BCUT2D eigenvalue weighted by Crippen LogP contribution is -2.38. The summed E-state index contributed by atoms with van der Waals surface area (Å²) in [5.74, 6) is -0.302. The molecule has 0 aliphatic heterocycles. The van der Waals surface area contributed by atoms with Crippen molar-refractivity contribution in [1.82, 2.24) is 0 Å². The molecule has 0 saturated heterocycles. The highest BCUT2D eigenvalue weighted by Crippen LogP contribution is 1.94. The van der Waals surface area contributed by atoms with Gasteiger partial charge in [0.2, 0.25) is 10.4 Å². The Morgan fingerprint density at radius 3 is 2.00 bits per heavy atom. The van der Waals surface area contributed by atoms with Crippen molar-refractivity contribution in [2.24, 2.45) is 0 Å². The molecule has 19 heavy (non-hydrogen) atoms. The third-order valence-electron chi connectivity index (χ3n) is 1.50. The average molecular weight is 299 g/mol. The van der Waals surface area contributed by atoms with Crippen molar-refractivity contribution in [3.63, 3.8) is 0 Å². The van der Waals surface area contributed by atoms with Crippen molar-refractivity contribution in [3.8, 4) is 0 Å². The summed E-state index contributed by atoms with van der Waals surface area (Å²) in [7, 11) is 2.43. The summed E-state index contributed by atoms with van der Waals surface area (Å²) in [5, 5.41) is 0. The van der Waals surface area contributed by atoms with Crippen LogP contribution in [-0.4, -0.2) is 64.8 Å². The fourth-order valence-corrected chi connectivity index (χ4v) is 0.785. The zero-order chi connectivity index (χ0) is 15.7. The molecule has 0 atom stereocenters. The molecule has 9 heteroatoms. The van der Waals surface area contributed by atoms with E-state index < -0.39 is 10.4 Å². The van der Waals surface area contributed by atoms with Crippen molar-refractivity contribution >= 4 is 16.4 Å². The van der Waals surface area contributed by atoms with Gasteiger partial charge in [0.05, 0.1) is 28.3 Å². The summed E-state index contributed by atoms with van der Waals surface area (Å²) in [4.78, 5) is 14.4. The summed E-state index contributed by atoms with van der Waals surface area (Å²) in [6.07, 6.45) is 0. The third-order valence-corrected chi connectivity index (χ3v) is 1.80. The van der Waals surface area contributed by atoms with E-state index in [-0.39, 0.29) is 5.97 Å². The quantitative estimate of drug-likeness (QED) is 0.128. The molecule has 0 aliphatic rings. The van der Waals surface area contributed by atoms with E-state index in [4.69, 9.17) is 4.74 Å². The Morgan fingerprint density at radius 1 is 1.32 bits per heavy atom. The summed E-state index contributed by atoms with van der Waals surface area (Å²) >= 11 is 0. The van der Waals surface area contributed by atoms with E-state index in [1.807, 2.05) is 0 Å². The van der Waals surface area contributed by atoms with Gasteiger partial charge in [-0.25, -0.2) is 18.1 Å². The van der Waals surface area contributed by atoms with Gasteiger partial charge >= 0.3 is 5.97 Å². The first kappa shape index (κ1) is 20.3. The number of carbonyl (C=O) groups excluding carboxylic acids is 1. The van der Waals surface area contributed by atoms with Crippen LogP contribution in [0.4, 0.5) is 0 Å². The molecule has 0 radical (unpaired) electrons. The van der Waals surface area contributed by atoms with E-state index in [9.17, 15) is 17.8 Å². The van der Waals surface area contributed by atoms with E-state index >= 15 is 0 Å². The molecule has 0 spiro atoms. The van der Waals surface area contributed by atoms with Crippen molar-refractivity contribution in [2.75, 3.05) is 41.4 Å². The molecule has 0 unspecified atom stereocenters. The number of esters is 1. The Bertz CT molecular complexity index is 383. The minimum absolute atomic E-state index is 0.302. The van der Waals surface area contributed by atoms with E-state index in [2.05, 4.69) is 36.9 Å². The molecule has 8 nitrogen and oxygen atoms in total. The van der Waals surface area contributed by atoms with Gasteiger partial charge in [0, 0.05) is 5.57 Å². The van der Waals surface area contributed by atoms with E-state index in [1.54, 1.807) is 6.92 Å². The van der Waals surface area contributed by atoms with Crippen molar-refractivity contribution in [1.29, 1.82) is 0 Å². The first-order valence-electron chi connectivity index (χ1n) is 5.20. The van der Waals surface area contributed by atoms with Crippen LogP contribution in [0, 0.1) is 0 Å². The highest BCUT2D eigenvalue weighted by atomic mass is 32.3. The molecule has 0 saturated carbocycles. The second-order valence-corrected chi connectivity index (χ2v) is 5.53. The molecule has 0 fully saturated rings. The third kappa shape index (κ3) is 19.5. The zero-order valence-corrected chi connectivity index (χ0v) is 12.7. The minimum Gasteiger partial charge on any atom is -0.724 e. The molecule has 114 valence electrons. The smallest absolute Gasteiger partial charge is 0.333 e. The Labute approximate surface area is 114 Å². The SMILES string of the molecule is C=C(C)C(=O)OCC[N+](C)(C)C.COOS(=O)(=O)[O-]. The molecule has 0 aromatic carbocycles. The van der Waals surface area contributed by atoms with Gasteiger partial charge in [-0.05, 0) is 6.92 Å². The van der Waals surface area contributed by atoms with Crippen LogP contribution < -0.4 is 0 Å². The average Bonchev–Trinajstić information content (AvgIpc) is 2.14. The van der Waals surface area contributed by atoms with Gasteiger partial charge in [0.1, 0.15) is 13.2 Å². The minimum atomic E-state index is -4.65. The molecule has 0 amide bonds. The van der Waals surface area contributed by atoms with Gasteiger partial charge < -0.3 is 13.8 Å². The van der Waals surface area contributed by atoms with Gasteiger partial charge in [0.15, 0.2) is 0 Å². The zero-order valence-electron chi connectivity index (χ0n) is 11.8. The standard InChI is InChI=1S/C9H18NO2.CH4O5S/c1-8(2)9(11)12-7-6-10(3,4)5;1-5-6-7(2,3)4/h1,6-7H2,2-5H3;1H3,(H,2,3,4)/q+1;/p-1. The van der Waals surface area contributed by atoms with Gasteiger partial charge in [-0.1, -0.05) is 6.58 Å². The lowest BCUT2D eigenvalue weighted by molar-refractivity contribution is -0.870. The second-order valence-electron chi connectivity index (χ2n) is 4.57. The van der Waals surface area contributed by atoms with Crippen molar-refractivity contribution in [3.05, 3.63) is 12.2 Å². The summed E-state index contributed by atoms with van der Waals surface area (Å²) in [5.41, 5.74) is 0.455. The molecular weight excluding hydrogens is 278 g/mol. The predicted octanol–water partition coefficient (Wildman–Crippen LogP) is -0.163. The van der Waals surface area contributed by atoms with Crippen LogP contribution in [0.25, 0.3) is 0 Å². The van der Waals surface area contributed by atoms with Crippen LogP contribution in [0.15, 0.2) is 12.2 Å². The molecule has 0 aromatic heterocycles. The molecule has 0 N–H and O–H groups in total. The molecule has 0 bridgehead atoms. The Morgan fingerprint density at radius 2 is 1.79 bits per heavy atom. The largest absolute Gasteiger partial charge is 0.724 e. The lowest BCUT2D eigenvalue weighted by Gasteiger charge is -2.23. The topological polar surface area (TPSA) is 102 Å².